The first-order chi connectivity index (χ1) is 15.7. The fraction of sp³-hybridized carbons (Fsp3) is 0.125. The van der Waals surface area contributed by atoms with E-state index in [1.165, 1.54) is 6.20 Å². The first kappa shape index (κ1) is 22.5. The topological polar surface area (TPSA) is 64.9 Å². The van der Waals surface area contributed by atoms with Gasteiger partial charge in [0.15, 0.2) is 0 Å². The van der Waals surface area contributed by atoms with Gasteiger partial charge in [-0.15, -0.1) is 0 Å². The van der Waals surface area contributed by atoms with E-state index in [0.29, 0.717) is 32.6 Å². The van der Waals surface area contributed by atoms with Gasteiger partial charge in [0.2, 0.25) is 5.95 Å². The van der Waals surface area contributed by atoms with E-state index in [2.05, 4.69) is 21.9 Å². The number of halogens is 4. The fourth-order valence-corrected chi connectivity index (χ4v) is 3.64. The number of hydrogen-bond donors (Lipinski definition) is 2. The van der Waals surface area contributed by atoms with Gasteiger partial charge in [-0.2, -0.15) is 13.2 Å². The van der Waals surface area contributed by atoms with Gasteiger partial charge in [-0.25, -0.2) is 9.97 Å². The molecule has 0 radical (unpaired) electrons. The number of benzene rings is 1. The van der Waals surface area contributed by atoms with E-state index in [4.69, 9.17) is 17.0 Å². The molecule has 2 heterocycles. The monoisotopic (exact) mass is 469 g/mol. The molecule has 0 spiro atoms. The zero-order chi connectivity index (χ0) is 23.8. The summed E-state index contributed by atoms with van der Waals surface area (Å²) in [5.74, 6) is -0.131. The molecule has 0 saturated heterocycles. The third-order valence-electron chi connectivity index (χ3n) is 5.11. The Bertz CT molecular complexity index is 1350. The van der Waals surface area contributed by atoms with Crippen LogP contribution in [0.5, 0.6) is 0 Å². The van der Waals surface area contributed by atoms with Gasteiger partial charge >= 0.3 is 6.18 Å². The predicted octanol–water partition coefficient (Wildman–Crippen LogP) is 4.29. The predicted molar refractivity (Wildman–Crippen MR) is 124 cm³/mol. The molecule has 1 aliphatic heterocycles. The van der Waals surface area contributed by atoms with Gasteiger partial charge in [-0.3, -0.25) is 0 Å². The lowest BCUT2D eigenvalue weighted by molar-refractivity contribution is -0.115. The largest absolute Gasteiger partial charge is 0.405 e. The van der Waals surface area contributed by atoms with Crippen LogP contribution in [0.1, 0.15) is 12.5 Å². The van der Waals surface area contributed by atoms with Crippen molar-refractivity contribution in [3.05, 3.63) is 99.5 Å². The van der Waals surface area contributed by atoms with E-state index in [-0.39, 0.29) is 5.95 Å². The smallest absolute Gasteiger partial charge is 0.345 e. The SMILES string of the molecule is C=C1C(c2ccc(Cl)cc2)=c2nc(NCC(F)(F)F)ncc2=CN1C1=C/C(=C\C)C(=N)C=C1. The second-order valence-electron chi connectivity index (χ2n) is 7.35. The number of alkyl halides is 3. The van der Waals surface area contributed by atoms with Gasteiger partial charge in [0.25, 0.3) is 0 Å². The maximum Gasteiger partial charge on any atom is 0.405 e. The van der Waals surface area contributed by atoms with Crippen LogP contribution < -0.4 is 15.9 Å². The van der Waals surface area contributed by atoms with Gasteiger partial charge < -0.3 is 15.6 Å². The Kier molecular flexibility index (Phi) is 5.95. The van der Waals surface area contributed by atoms with Crippen molar-refractivity contribution in [2.45, 2.75) is 13.1 Å². The molecule has 2 N–H and O–H groups in total. The van der Waals surface area contributed by atoms with Gasteiger partial charge in [-0.05, 0) is 48.4 Å². The lowest BCUT2D eigenvalue weighted by Gasteiger charge is -2.30. The lowest BCUT2D eigenvalue weighted by atomic mass is 9.97. The maximum atomic E-state index is 12.7. The quantitative estimate of drug-likeness (QED) is 0.701. The summed E-state index contributed by atoms with van der Waals surface area (Å²) in [5, 5.41) is 11.9. The molecule has 33 heavy (non-hydrogen) atoms. The number of nitrogens with zero attached hydrogens (tertiary/aromatic N) is 3. The zero-order valence-electron chi connectivity index (χ0n) is 17.5. The van der Waals surface area contributed by atoms with Crippen LogP contribution in [-0.2, 0) is 0 Å². The van der Waals surface area contributed by atoms with E-state index in [0.717, 1.165) is 16.8 Å². The van der Waals surface area contributed by atoms with Crippen molar-refractivity contribution in [3.8, 4) is 0 Å². The lowest BCUT2D eigenvalue weighted by Crippen LogP contribution is -2.40. The molecule has 0 fully saturated rings. The van der Waals surface area contributed by atoms with E-state index in [1.54, 1.807) is 36.5 Å². The molecule has 4 rings (SSSR count). The Hall–Kier alpha value is -3.65. The fourth-order valence-electron chi connectivity index (χ4n) is 3.51. The van der Waals surface area contributed by atoms with Crippen molar-refractivity contribution in [1.29, 1.82) is 5.41 Å². The Morgan fingerprint density at radius 3 is 2.61 bits per heavy atom. The summed E-state index contributed by atoms with van der Waals surface area (Å²) in [6, 6.07) is 7.06. The minimum Gasteiger partial charge on any atom is -0.345 e. The summed E-state index contributed by atoms with van der Waals surface area (Å²) < 4.78 is 38.0. The zero-order valence-corrected chi connectivity index (χ0v) is 18.3. The molecular weight excluding hydrogens is 451 g/mol. The summed E-state index contributed by atoms with van der Waals surface area (Å²) in [7, 11) is 0. The number of rotatable bonds is 4. The Morgan fingerprint density at radius 2 is 1.94 bits per heavy atom. The molecule has 0 unspecified atom stereocenters. The van der Waals surface area contributed by atoms with Crippen LogP contribution in [0.3, 0.4) is 0 Å². The second kappa shape index (κ2) is 8.71. The molecule has 1 aromatic carbocycles. The van der Waals surface area contributed by atoms with Crippen molar-refractivity contribution in [1.82, 2.24) is 14.9 Å². The maximum absolute atomic E-state index is 12.7. The number of hydrogen-bond acceptors (Lipinski definition) is 5. The van der Waals surface area contributed by atoms with Gasteiger partial charge in [0.1, 0.15) is 6.54 Å². The number of aromatic nitrogens is 2. The van der Waals surface area contributed by atoms with Gasteiger partial charge in [-0.1, -0.05) is 36.4 Å². The molecule has 2 aliphatic rings. The first-order valence-corrected chi connectivity index (χ1v) is 10.3. The summed E-state index contributed by atoms with van der Waals surface area (Å²) in [5.41, 5.74) is 3.90. The minimum atomic E-state index is -4.40. The van der Waals surface area contributed by atoms with Crippen LogP contribution in [0.2, 0.25) is 5.02 Å². The summed E-state index contributed by atoms with van der Waals surface area (Å²) in [6.07, 6.45) is 6.08. The molecule has 5 nitrogen and oxygen atoms in total. The van der Waals surface area contributed by atoms with E-state index in [1.807, 2.05) is 30.1 Å². The highest BCUT2D eigenvalue weighted by Gasteiger charge is 2.27. The molecule has 0 saturated carbocycles. The molecular formula is C24H19ClF3N5. The van der Waals surface area contributed by atoms with E-state index in [9.17, 15) is 13.2 Å². The van der Waals surface area contributed by atoms with Crippen LogP contribution in [0.15, 0.2) is 78.3 Å². The Labute approximate surface area is 193 Å². The third kappa shape index (κ3) is 4.75. The summed E-state index contributed by atoms with van der Waals surface area (Å²) in [4.78, 5) is 10.3. The summed E-state index contributed by atoms with van der Waals surface area (Å²) in [6.45, 7) is 4.87. The molecule has 0 bridgehead atoms. The first-order valence-electron chi connectivity index (χ1n) is 9.95. The normalized spacial score (nSPS) is 17.1. The minimum absolute atomic E-state index is 0.131. The highest BCUT2D eigenvalue weighted by atomic mass is 35.5. The average molecular weight is 470 g/mol. The van der Waals surface area contributed by atoms with Crippen molar-refractivity contribution < 1.29 is 13.2 Å². The highest BCUT2D eigenvalue weighted by Crippen LogP contribution is 2.30. The third-order valence-corrected chi connectivity index (χ3v) is 5.36. The van der Waals surface area contributed by atoms with Crippen molar-refractivity contribution in [2.24, 2.45) is 0 Å². The molecule has 9 heteroatoms. The van der Waals surface area contributed by atoms with Crippen molar-refractivity contribution in [3.63, 3.8) is 0 Å². The molecule has 0 amide bonds. The number of nitrogens with one attached hydrogen (secondary N) is 2. The molecule has 168 valence electrons. The Morgan fingerprint density at radius 1 is 1.21 bits per heavy atom. The van der Waals surface area contributed by atoms with E-state index < -0.39 is 12.7 Å². The molecule has 0 atom stereocenters. The van der Waals surface area contributed by atoms with E-state index >= 15 is 0 Å². The number of allylic oxidation sites excluding steroid dienone is 6. The molecule has 2 aromatic rings. The molecule has 1 aromatic heterocycles. The van der Waals surface area contributed by atoms with Crippen LogP contribution >= 0.6 is 11.6 Å². The standard InChI is InChI=1S/C24H19ClF3N5/c1-3-15-10-19(8-9-20(15)29)33-12-17-11-30-23(31-13-24(26,27)28)32-22(17)21(14(33)2)16-4-6-18(25)7-5-16/h3-12,29H,2,13H2,1H3,(H,31,32)/b15-3+,29-20?. The number of fused-ring (bicyclic) bond motifs is 1. The van der Waals surface area contributed by atoms with Crippen molar-refractivity contribution >= 4 is 35.0 Å². The second-order valence-corrected chi connectivity index (χ2v) is 7.79. The van der Waals surface area contributed by atoms with Gasteiger partial charge in [0, 0.05) is 39.6 Å². The van der Waals surface area contributed by atoms with Crippen LogP contribution in [-0.4, -0.2) is 33.3 Å². The van der Waals surface area contributed by atoms with Crippen molar-refractivity contribution in [2.75, 3.05) is 11.9 Å². The van der Waals surface area contributed by atoms with Crippen LogP contribution in [0, 0.1) is 5.41 Å². The van der Waals surface area contributed by atoms with Gasteiger partial charge in [0.05, 0.1) is 11.1 Å². The van der Waals surface area contributed by atoms with Crippen LogP contribution in [0.25, 0.3) is 11.8 Å². The number of anilines is 1. The average Bonchev–Trinajstić information content (AvgIpc) is 2.78. The highest BCUT2D eigenvalue weighted by molar-refractivity contribution is 6.30. The van der Waals surface area contributed by atoms with Crippen LogP contribution in [0.4, 0.5) is 19.1 Å². The molecule has 1 aliphatic carbocycles. The summed E-state index contributed by atoms with van der Waals surface area (Å²) >= 11 is 6.06. The Balaban J connectivity index is 1.88.